The van der Waals surface area contributed by atoms with Gasteiger partial charge in [0.15, 0.2) is 0 Å². The van der Waals surface area contributed by atoms with Gasteiger partial charge in [0.05, 0.1) is 0 Å². The van der Waals surface area contributed by atoms with E-state index in [0.29, 0.717) is 5.41 Å². The first-order valence-electron chi connectivity index (χ1n) is 7.67. The molecule has 0 aromatic rings. The van der Waals surface area contributed by atoms with Gasteiger partial charge in [-0.05, 0) is 56.9 Å². The average molecular weight is 237 g/mol. The number of piperidine rings is 1. The van der Waals surface area contributed by atoms with Crippen molar-refractivity contribution in [1.29, 1.82) is 0 Å². The van der Waals surface area contributed by atoms with Gasteiger partial charge in [0, 0.05) is 12.1 Å². The Morgan fingerprint density at radius 3 is 2.24 bits per heavy atom. The molecule has 0 spiro atoms. The first-order chi connectivity index (χ1) is 7.91. The van der Waals surface area contributed by atoms with Crippen molar-refractivity contribution in [2.45, 2.75) is 78.8 Å². The molecule has 1 heterocycles. The maximum atomic E-state index is 2.80. The topological polar surface area (TPSA) is 3.24 Å². The first-order valence-corrected chi connectivity index (χ1v) is 7.67. The van der Waals surface area contributed by atoms with E-state index in [1.54, 1.807) is 0 Å². The van der Waals surface area contributed by atoms with Gasteiger partial charge in [-0.2, -0.15) is 0 Å². The van der Waals surface area contributed by atoms with Crippen molar-refractivity contribution in [2.24, 2.45) is 17.3 Å². The van der Waals surface area contributed by atoms with Crippen molar-refractivity contribution >= 4 is 0 Å². The lowest BCUT2D eigenvalue weighted by Crippen LogP contribution is -2.55. The highest BCUT2D eigenvalue weighted by molar-refractivity contribution is 4.96. The SMILES string of the molecule is CC(C)N1CCC(C(C)(C)C)C2CCCCC21. The predicted molar refractivity (Wildman–Crippen MR) is 75.2 cm³/mol. The fourth-order valence-corrected chi connectivity index (χ4v) is 4.41. The van der Waals surface area contributed by atoms with Crippen LogP contribution >= 0.6 is 0 Å². The lowest BCUT2D eigenvalue weighted by Gasteiger charge is -2.53. The van der Waals surface area contributed by atoms with Crippen LogP contribution in [0.1, 0.15) is 66.7 Å². The van der Waals surface area contributed by atoms with E-state index in [1.165, 1.54) is 38.6 Å². The van der Waals surface area contributed by atoms with Gasteiger partial charge >= 0.3 is 0 Å². The molecule has 100 valence electrons. The Balaban J connectivity index is 2.16. The lowest BCUT2D eigenvalue weighted by molar-refractivity contribution is -0.0365. The average Bonchev–Trinajstić information content (AvgIpc) is 2.26. The maximum absolute atomic E-state index is 2.80. The quantitative estimate of drug-likeness (QED) is 0.656. The fourth-order valence-electron chi connectivity index (χ4n) is 4.41. The van der Waals surface area contributed by atoms with E-state index < -0.39 is 0 Å². The molecule has 0 aromatic carbocycles. The van der Waals surface area contributed by atoms with Crippen LogP contribution < -0.4 is 0 Å². The summed E-state index contributed by atoms with van der Waals surface area (Å²) < 4.78 is 0. The lowest BCUT2D eigenvalue weighted by atomic mass is 9.63. The van der Waals surface area contributed by atoms with Crippen LogP contribution in [0.25, 0.3) is 0 Å². The summed E-state index contributed by atoms with van der Waals surface area (Å²) in [6.07, 6.45) is 7.29. The molecule has 2 rings (SSSR count). The normalized spacial score (nSPS) is 36.0. The highest BCUT2D eigenvalue weighted by Gasteiger charge is 2.43. The summed E-state index contributed by atoms with van der Waals surface area (Å²) in [7, 11) is 0. The molecule has 2 aliphatic rings. The molecule has 2 fully saturated rings. The minimum absolute atomic E-state index is 0.503. The molecule has 1 heteroatoms. The Morgan fingerprint density at radius 2 is 1.65 bits per heavy atom. The second-order valence-electron chi connectivity index (χ2n) is 7.61. The van der Waals surface area contributed by atoms with Crippen LogP contribution in [-0.2, 0) is 0 Å². The van der Waals surface area contributed by atoms with Gasteiger partial charge in [-0.15, -0.1) is 0 Å². The van der Waals surface area contributed by atoms with Crippen molar-refractivity contribution in [3.63, 3.8) is 0 Å². The molecule has 1 saturated carbocycles. The Bertz CT molecular complexity index is 251. The van der Waals surface area contributed by atoms with Gasteiger partial charge in [0.25, 0.3) is 0 Å². The van der Waals surface area contributed by atoms with Crippen molar-refractivity contribution in [3.8, 4) is 0 Å². The fraction of sp³-hybridized carbons (Fsp3) is 1.00. The third kappa shape index (κ3) is 2.70. The molecule has 0 amide bonds. The Morgan fingerprint density at radius 1 is 1.00 bits per heavy atom. The van der Waals surface area contributed by atoms with Gasteiger partial charge in [0.2, 0.25) is 0 Å². The van der Waals surface area contributed by atoms with E-state index in [9.17, 15) is 0 Å². The molecule has 0 aromatic heterocycles. The summed E-state index contributed by atoms with van der Waals surface area (Å²) in [4.78, 5) is 2.80. The van der Waals surface area contributed by atoms with E-state index in [0.717, 1.165) is 23.9 Å². The summed E-state index contributed by atoms with van der Waals surface area (Å²) in [5.41, 5.74) is 0.503. The zero-order chi connectivity index (χ0) is 12.6. The summed E-state index contributed by atoms with van der Waals surface area (Å²) in [5.74, 6) is 1.92. The molecular formula is C16H31N. The number of hydrogen-bond acceptors (Lipinski definition) is 1. The molecule has 1 nitrogen and oxygen atoms in total. The minimum Gasteiger partial charge on any atom is -0.298 e. The highest BCUT2D eigenvalue weighted by Crippen LogP contribution is 2.46. The van der Waals surface area contributed by atoms with E-state index >= 15 is 0 Å². The van der Waals surface area contributed by atoms with E-state index in [4.69, 9.17) is 0 Å². The summed E-state index contributed by atoms with van der Waals surface area (Å²) in [6.45, 7) is 13.4. The maximum Gasteiger partial charge on any atom is 0.0129 e. The molecule has 3 unspecified atom stereocenters. The van der Waals surface area contributed by atoms with E-state index in [2.05, 4.69) is 39.5 Å². The van der Waals surface area contributed by atoms with Crippen molar-refractivity contribution in [3.05, 3.63) is 0 Å². The molecule has 17 heavy (non-hydrogen) atoms. The summed E-state index contributed by atoms with van der Waals surface area (Å²) in [5, 5.41) is 0. The molecule has 1 aliphatic heterocycles. The van der Waals surface area contributed by atoms with Crippen LogP contribution in [0.15, 0.2) is 0 Å². The van der Waals surface area contributed by atoms with Crippen LogP contribution in [0, 0.1) is 17.3 Å². The smallest absolute Gasteiger partial charge is 0.0129 e. The monoisotopic (exact) mass is 237 g/mol. The molecule has 1 saturated heterocycles. The number of rotatable bonds is 1. The highest BCUT2D eigenvalue weighted by atomic mass is 15.2. The number of nitrogens with zero attached hydrogens (tertiary/aromatic N) is 1. The zero-order valence-electron chi connectivity index (χ0n) is 12.5. The summed E-state index contributed by atoms with van der Waals surface area (Å²) in [6, 6.07) is 1.63. The Hall–Kier alpha value is -0.0400. The van der Waals surface area contributed by atoms with Crippen LogP contribution in [0.2, 0.25) is 0 Å². The van der Waals surface area contributed by atoms with Gasteiger partial charge in [-0.1, -0.05) is 33.6 Å². The van der Waals surface area contributed by atoms with Crippen molar-refractivity contribution in [1.82, 2.24) is 4.90 Å². The van der Waals surface area contributed by atoms with Crippen LogP contribution in [0.4, 0.5) is 0 Å². The summed E-state index contributed by atoms with van der Waals surface area (Å²) >= 11 is 0. The van der Waals surface area contributed by atoms with Gasteiger partial charge in [-0.3, -0.25) is 4.90 Å². The van der Waals surface area contributed by atoms with Crippen LogP contribution in [-0.4, -0.2) is 23.5 Å². The van der Waals surface area contributed by atoms with E-state index in [1.807, 2.05) is 0 Å². The number of likely N-dealkylation sites (tertiary alicyclic amines) is 1. The zero-order valence-corrected chi connectivity index (χ0v) is 12.5. The molecule has 0 N–H and O–H groups in total. The predicted octanol–water partition coefficient (Wildman–Crippen LogP) is 4.32. The van der Waals surface area contributed by atoms with Crippen LogP contribution in [0.3, 0.4) is 0 Å². The van der Waals surface area contributed by atoms with Gasteiger partial charge in [-0.25, -0.2) is 0 Å². The van der Waals surface area contributed by atoms with Crippen LogP contribution in [0.5, 0.6) is 0 Å². The van der Waals surface area contributed by atoms with Crippen molar-refractivity contribution < 1.29 is 0 Å². The third-order valence-corrected chi connectivity index (χ3v) is 5.20. The Labute approximate surface area is 108 Å². The molecule has 3 atom stereocenters. The minimum atomic E-state index is 0.503. The van der Waals surface area contributed by atoms with E-state index in [-0.39, 0.29) is 0 Å². The molecule has 1 aliphatic carbocycles. The van der Waals surface area contributed by atoms with Gasteiger partial charge in [0.1, 0.15) is 0 Å². The number of hydrogen-bond donors (Lipinski definition) is 0. The second kappa shape index (κ2) is 4.91. The largest absolute Gasteiger partial charge is 0.298 e. The standard InChI is InChI=1S/C16H31N/c1-12(2)17-11-10-14(16(3,4)5)13-8-6-7-9-15(13)17/h12-15H,6-11H2,1-5H3. The molecule has 0 bridgehead atoms. The molecular weight excluding hydrogens is 206 g/mol. The second-order valence-corrected chi connectivity index (χ2v) is 7.61. The molecule has 0 radical (unpaired) electrons. The van der Waals surface area contributed by atoms with Crippen molar-refractivity contribution in [2.75, 3.05) is 6.54 Å². The van der Waals surface area contributed by atoms with Gasteiger partial charge < -0.3 is 0 Å². The Kier molecular flexibility index (Phi) is 3.87. The third-order valence-electron chi connectivity index (χ3n) is 5.20. The number of fused-ring (bicyclic) bond motifs is 1. The first kappa shape index (κ1) is 13.4.